The van der Waals surface area contributed by atoms with E-state index in [1.165, 1.54) is 23.3 Å². The number of hydrogen-bond donors (Lipinski definition) is 0. The number of hydrogen-bond acceptors (Lipinski definition) is 1. The minimum Gasteiger partial charge on any atom is -0.285 e. The van der Waals surface area contributed by atoms with Crippen LogP contribution in [0.1, 0.15) is 24.0 Å². The van der Waals surface area contributed by atoms with Crippen LogP contribution < -0.4 is 0 Å². The first-order valence-corrected chi connectivity index (χ1v) is 6.58. The number of rotatable bonds is 3. The fraction of sp³-hybridized carbons (Fsp3) is 0.235. The van der Waals surface area contributed by atoms with Gasteiger partial charge in [-0.25, -0.2) is 0 Å². The second-order valence-electron chi connectivity index (χ2n) is 4.82. The van der Waals surface area contributed by atoms with Gasteiger partial charge in [0, 0.05) is 5.71 Å². The van der Waals surface area contributed by atoms with Crippen LogP contribution in [0.2, 0.25) is 0 Å². The first-order valence-electron chi connectivity index (χ1n) is 6.58. The molecule has 3 rings (SSSR count). The molecule has 0 saturated heterocycles. The Morgan fingerprint density at radius 2 is 1.56 bits per heavy atom. The topological polar surface area (TPSA) is 12.4 Å². The Bertz CT molecular complexity index is 528. The Labute approximate surface area is 108 Å². The third-order valence-corrected chi connectivity index (χ3v) is 3.47. The van der Waals surface area contributed by atoms with Crippen molar-refractivity contribution in [3.05, 3.63) is 71.8 Å². The van der Waals surface area contributed by atoms with Crippen molar-refractivity contribution in [2.24, 2.45) is 4.99 Å². The normalized spacial score (nSPS) is 18.7. The van der Waals surface area contributed by atoms with Crippen molar-refractivity contribution in [2.45, 2.75) is 25.3 Å². The molecule has 1 atom stereocenters. The second kappa shape index (κ2) is 5.18. The molecule has 1 heteroatoms. The number of aliphatic imine (C=N–C) groups is 1. The highest BCUT2D eigenvalue weighted by Crippen LogP contribution is 2.21. The first kappa shape index (κ1) is 11.2. The van der Waals surface area contributed by atoms with Gasteiger partial charge in [-0.05, 0) is 30.4 Å². The number of benzene rings is 2. The van der Waals surface area contributed by atoms with Crippen LogP contribution in [0.15, 0.2) is 65.7 Å². The van der Waals surface area contributed by atoms with E-state index in [1.54, 1.807) is 0 Å². The number of nitrogens with zero attached hydrogens (tertiary/aromatic N) is 1. The SMILES string of the molecule is c1ccc(C[C@H]2CCC(c3ccccc3)=N2)cc1. The molecule has 0 unspecified atom stereocenters. The standard InChI is InChI=1S/C17H17N/c1-3-7-14(8-4-1)13-16-11-12-17(18-16)15-9-5-2-6-10-15/h1-10,16H,11-13H2/t16-/m1/s1. The van der Waals surface area contributed by atoms with Crippen molar-refractivity contribution in [3.63, 3.8) is 0 Å². The molecule has 90 valence electrons. The smallest absolute Gasteiger partial charge is 0.0547 e. The zero-order valence-corrected chi connectivity index (χ0v) is 10.4. The zero-order chi connectivity index (χ0) is 12.2. The van der Waals surface area contributed by atoms with Crippen molar-refractivity contribution in [1.82, 2.24) is 0 Å². The molecular weight excluding hydrogens is 218 g/mol. The first-order chi connectivity index (χ1) is 8.92. The molecule has 0 spiro atoms. The third kappa shape index (κ3) is 2.51. The summed E-state index contributed by atoms with van der Waals surface area (Å²) in [6, 6.07) is 21.7. The third-order valence-electron chi connectivity index (χ3n) is 3.47. The van der Waals surface area contributed by atoms with Crippen molar-refractivity contribution in [1.29, 1.82) is 0 Å². The molecule has 1 nitrogen and oxygen atoms in total. The Balaban J connectivity index is 1.73. The maximum atomic E-state index is 4.87. The van der Waals surface area contributed by atoms with Crippen LogP contribution in [0.25, 0.3) is 0 Å². The molecule has 2 aromatic rings. The largest absolute Gasteiger partial charge is 0.285 e. The van der Waals surface area contributed by atoms with E-state index in [2.05, 4.69) is 60.7 Å². The van der Waals surface area contributed by atoms with Gasteiger partial charge in [0.1, 0.15) is 0 Å². The summed E-state index contributed by atoms with van der Waals surface area (Å²) in [6.07, 6.45) is 3.36. The monoisotopic (exact) mass is 235 g/mol. The Morgan fingerprint density at radius 1 is 0.889 bits per heavy atom. The highest BCUT2D eigenvalue weighted by atomic mass is 14.8. The van der Waals surface area contributed by atoms with Gasteiger partial charge >= 0.3 is 0 Å². The van der Waals surface area contributed by atoms with Crippen molar-refractivity contribution < 1.29 is 0 Å². The lowest BCUT2D eigenvalue weighted by molar-refractivity contribution is 0.667. The highest BCUT2D eigenvalue weighted by Gasteiger charge is 2.18. The van der Waals surface area contributed by atoms with E-state index in [-0.39, 0.29) is 0 Å². The minimum atomic E-state index is 0.461. The van der Waals surface area contributed by atoms with Gasteiger partial charge < -0.3 is 0 Å². The lowest BCUT2D eigenvalue weighted by atomic mass is 10.0. The lowest BCUT2D eigenvalue weighted by Crippen LogP contribution is -2.03. The van der Waals surface area contributed by atoms with Crippen molar-refractivity contribution in [3.8, 4) is 0 Å². The summed E-state index contributed by atoms with van der Waals surface area (Å²) in [5, 5.41) is 0. The Hall–Kier alpha value is -1.89. The van der Waals surface area contributed by atoms with Crippen LogP contribution in [0.3, 0.4) is 0 Å². The lowest BCUT2D eigenvalue weighted by Gasteiger charge is -2.05. The molecule has 1 heterocycles. The quantitative estimate of drug-likeness (QED) is 0.765. The summed E-state index contributed by atoms with van der Waals surface area (Å²) in [5.41, 5.74) is 3.95. The van der Waals surface area contributed by atoms with Crippen LogP contribution in [0, 0.1) is 0 Å². The van der Waals surface area contributed by atoms with Gasteiger partial charge in [0.05, 0.1) is 6.04 Å². The second-order valence-corrected chi connectivity index (χ2v) is 4.82. The summed E-state index contributed by atoms with van der Waals surface area (Å²) in [5.74, 6) is 0. The maximum Gasteiger partial charge on any atom is 0.0547 e. The van der Waals surface area contributed by atoms with E-state index in [0.717, 1.165) is 12.8 Å². The van der Waals surface area contributed by atoms with E-state index in [4.69, 9.17) is 4.99 Å². The van der Waals surface area contributed by atoms with Gasteiger partial charge in [0.15, 0.2) is 0 Å². The Kier molecular flexibility index (Phi) is 3.22. The van der Waals surface area contributed by atoms with Crippen molar-refractivity contribution in [2.75, 3.05) is 0 Å². The molecule has 0 saturated carbocycles. The fourth-order valence-electron chi connectivity index (χ4n) is 2.54. The van der Waals surface area contributed by atoms with Gasteiger partial charge in [-0.2, -0.15) is 0 Å². The molecule has 0 radical (unpaired) electrons. The molecule has 0 bridgehead atoms. The van der Waals surface area contributed by atoms with E-state index in [9.17, 15) is 0 Å². The molecule has 0 aromatic heterocycles. The van der Waals surface area contributed by atoms with E-state index >= 15 is 0 Å². The van der Waals surface area contributed by atoms with Crippen LogP contribution in [-0.2, 0) is 6.42 Å². The predicted molar refractivity (Wildman–Crippen MR) is 76.1 cm³/mol. The van der Waals surface area contributed by atoms with E-state index < -0.39 is 0 Å². The van der Waals surface area contributed by atoms with E-state index in [1.807, 2.05) is 0 Å². The van der Waals surface area contributed by atoms with Crippen LogP contribution >= 0.6 is 0 Å². The van der Waals surface area contributed by atoms with Gasteiger partial charge in [-0.15, -0.1) is 0 Å². The van der Waals surface area contributed by atoms with Crippen LogP contribution in [0.4, 0.5) is 0 Å². The van der Waals surface area contributed by atoms with Crippen molar-refractivity contribution >= 4 is 5.71 Å². The molecule has 1 aliphatic rings. The van der Waals surface area contributed by atoms with Gasteiger partial charge in [-0.1, -0.05) is 60.7 Å². The summed E-state index contributed by atoms with van der Waals surface area (Å²) >= 11 is 0. The minimum absolute atomic E-state index is 0.461. The van der Waals surface area contributed by atoms with Gasteiger partial charge in [0.25, 0.3) is 0 Å². The summed E-state index contributed by atoms with van der Waals surface area (Å²) < 4.78 is 0. The van der Waals surface area contributed by atoms with Gasteiger partial charge in [0.2, 0.25) is 0 Å². The average Bonchev–Trinajstić information content (AvgIpc) is 2.89. The zero-order valence-electron chi connectivity index (χ0n) is 10.4. The fourth-order valence-corrected chi connectivity index (χ4v) is 2.54. The Morgan fingerprint density at radius 3 is 2.28 bits per heavy atom. The maximum absolute atomic E-state index is 4.87. The molecule has 2 aromatic carbocycles. The molecule has 0 N–H and O–H groups in total. The predicted octanol–water partition coefficient (Wildman–Crippen LogP) is 3.88. The summed E-state index contributed by atoms with van der Waals surface area (Å²) in [7, 11) is 0. The molecule has 18 heavy (non-hydrogen) atoms. The average molecular weight is 235 g/mol. The summed E-state index contributed by atoms with van der Waals surface area (Å²) in [6.45, 7) is 0. The molecule has 0 aliphatic carbocycles. The molecule has 0 amide bonds. The van der Waals surface area contributed by atoms with Gasteiger partial charge in [-0.3, -0.25) is 4.99 Å². The summed E-state index contributed by atoms with van der Waals surface area (Å²) in [4.78, 5) is 4.87. The van der Waals surface area contributed by atoms with E-state index in [0.29, 0.717) is 6.04 Å². The highest BCUT2D eigenvalue weighted by molar-refractivity contribution is 6.01. The van der Waals surface area contributed by atoms with Crippen LogP contribution in [0.5, 0.6) is 0 Å². The van der Waals surface area contributed by atoms with Crippen LogP contribution in [-0.4, -0.2) is 11.8 Å². The molecular formula is C17H17N. The molecule has 0 fully saturated rings. The molecule has 1 aliphatic heterocycles.